The van der Waals surface area contributed by atoms with Crippen LogP contribution >= 0.6 is 0 Å². The summed E-state index contributed by atoms with van der Waals surface area (Å²) in [5.74, 6) is 0. The summed E-state index contributed by atoms with van der Waals surface area (Å²) in [5.41, 5.74) is 1.37. The van der Waals surface area contributed by atoms with Crippen molar-refractivity contribution in [3.63, 3.8) is 0 Å². The minimum absolute atomic E-state index is 0.619. The molecule has 0 atom stereocenters. The zero-order valence-electron chi connectivity index (χ0n) is 8.12. The van der Waals surface area contributed by atoms with Crippen molar-refractivity contribution in [3.05, 3.63) is 0 Å². The Labute approximate surface area is 76.4 Å². The first-order valence-electron chi connectivity index (χ1n) is 3.68. The maximum absolute atomic E-state index is 10.9. The third-order valence-corrected chi connectivity index (χ3v) is 0.945. The first-order valence-corrected chi connectivity index (χ1v) is 3.68. The van der Waals surface area contributed by atoms with E-state index in [1.807, 2.05) is 5.43 Å². The van der Waals surface area contributed by atoms with E-state index < -0.39 is 17.8 Å². The molecule has 0 aromatic carbocycles. The van der Waals surface area contributed by atoms with Crippen LogP contribution in [0.15, 0.2) is 0 Å². The van der Waals surface area contributed by atoms with Crippen molar-refractivity contribution in [1.29, 1.82) is 0 Å². The summed E-state index contributed by atoms with van der Waals surface area (Å²) in [6, 6.07) is 0. The number of carbonyl (C=O) groups is 2. The lowest BCUT2D eigenvalue weighted by Crippen LogP contribution is -2.44. The lowest BCUT2D eigenvalue weighted by Gasteiger charge is -2.21. The van der Waals surface area contributed by atoms with Crippen molar-refractivity contribution in [2.45, 2.75) is 26.4 Å². The van der Waals surface area contributed by atoms with Crippen LogP contribution in [0.5, 0.6) is 0 Å². The molecular formula is C7H14N2O4. The summed E-state index contributed by atoms with van der Waals surface area (Å²) in [7, 11) is 1.20. The van der Waals surface area contributed by atoms with Gasteiger partial charge in [-0.1, -0.05) is 0 Å². The molecule has 6 heteroatoms. The van der Waals surface area contributed by atoms with E-state index in [4.69, 9.17) is 9.84 Å². The normalized spacial score (nSPS) is 10.5. The van der Waals surface area contributed by atoms with E-state index in [0.29, 0.717) is 5.01 Å². The molecule has 2 N–H and O–H groups in total. The van der Waals surface area contributed by atoms with Gasteiger partial charge in [-0.15, -0.1) is 0 Å². The quantitative estimate of drug-likeness (QED) is 0.559. The average molecular weight is 190 g/mol. The van der Waals surface area contributed by atoms with Crippen LogP contribution in [0.25, 0.3) is 0 Å². The Morgan fingerprint density at radius 3 is 2.15 bits per heavy atom. The second-order valence-electron chi connectivity index (χ2n) is 3.46. The molecule has 0 aliphatic rings. The topological polar surface area (TPSA) is 78.9 Å². The number of amides is 2. The Balaban J connectivity index is 3.96. The first-order chi connectivity index (χ1) is 5.72. The SMILES string of the molecule is CN(NC(=O)OC(C)(C)C)C(=O)O. The summed E-state index contributed by atoms with van der Waals surface area (Å²) >= 11 is 0. The van der Waals surface area contributed by atoms with Gasteiger partial charge in [0.05, 0.1) is 0 Å². The molecule has 0 aliphatic carbocycles. The van der Waals surface area contributed by atoms with Gasteiger partial charge in [-0.05, 0) is 20.8 Å². The molecule has 0 rings (SSSR count). The maximum atomic E-state index is 10.9. The number of carboxylic acid groups (broad SMARTS) is 1. The predicted octanol–water partition coefficient (Wildman–Crippen LogP) is 1.04. The van der Waals surface area contributed by atoms with Gasteiger partial charge in [-0.25, -0.2) is 20.0 Å². The molecule has 2 amide bonds. The number of nitrogens with one attached hydrogen (secondary N) is 1. The Bertz CT molecular complexity index is 209. The minimum atomic E-state index is -1.26. The molecule has 0 unspecified atom stereocenters. The van der Waals surface area contributed by atoms with E-state index in [-0.39, 0.29) is 0 Å². The van der Waals surface area contributed by atoms with Gasteiger partial charge >= 0.3 is 12.2 Å². The molecule has 0 radical (unpaired) electrons. The Morgan fingerprint density at radius 2 is 1.85 bits per heavy atom. The van der Waals surface area contributed by atoms with Crippen molar-refractivity contribution in [2.24, 2.45) is 0 Å². The fraction of sp³-hybridized carbons (Fsp3) is 0.714. The minimum Gasteiger partial charge on any atom is -0.464 e. The van der Waals surface area contributed by atoms with E-state index in [2.05, 4.69) is 0 Å². The number of ether oxygens (including phenoxy) is 1. The summed E-state index contributed by atoms with van der Waals surface area (Å²) in [5, 5.41) is 9.00. The van der Waals surface area contributed by atoms with Crippen LogP contribution < -0.4 is 5.43 Å². The van der Waals surface area contributed by atoms with Gasteiger partial charge in [-0.3, -0.25) is 0 Å². The number of carbonyl (C=O) groups excluding carboxylic acids is 1. The zero-order valence-corrected chi connectivity index (χ0v) is 8.12. The van der Waals surface area contributed by atoms with Crippen LogP contribution in [0.1, 0.15) is 20.8 Å². The second kappa shape index (κ2) is 3.97. The van der Waals surface area contributed by atoms with Gasteiger partial charge in [0.25, 0.3) is 0 Å². The monoisotopic (exact) mass is 190 g/mol. The smallest absolute Gasteiger partial charge is 0.426 e. The Hall–Kier alpha value is -1.46. The molecule has 0 saturated carbocycles. The van der Waals surface area contributed by atoms with Crippen molar-refractivity contribution < 1.29 is 19.4 Å². The van der Waals surface area contributed by atoms with Crippen molar-refractivity contribution in [3.8, 4) is 0 Å². The highest BCUT2D eigenvalue weighted by atomic mass is 16.6. The molecule has 0 fully saturated rings. The molecule has 0 saturated heterocycles. The lowest BCUT2D eigenvalue weighted by atomic mass is 10.2. The molecule has 0 bridgehead atoms. The van der Waals surface area contributed by atoms with Gasteiger partial charge in [0.2, 0.25) is 0 Å². The van der Waals surface area contributed by atoms with Gasteiger partial charge < -0.3 is 9.84 Å². The Morgan fingerprint density at radius 1 is 1.38 bits per heavy atom. The second-order valence-corrected chi connectivity index (χ2v) is 3.46. The zero-order chi connectivity index (χ0) is 10.6. The highest BCUT2D eigenvalue weighted by Gasteiger charge is 2.18. The van der Waals surface area contributed by atoms with Crippen LogP contribution in [-0.2, 0) is 4.74 Å². The maximum Gasteiger partial charge on any atom is 0.426 e. The van der Waals surface area contributed by atoms with E-state index in [1.165, 1.54) is 7.05 Å². The van der Waals surface area contributed by atoms with Crippen LogP contribution in [0.3, 0.4) is 0 Å². The van der Waals surface area contributed by atoms with E-state index in [9.17, 15) is 9.59 Å². The van der Waals surface area contributed by atoms with Crippen molar-refractivity contribution in [1.82, 2.24) is 10.4 Å². The van der Waals surface area contributed by atoms with E-state index in [1.54, 1.807) is 20.8 Å². The third-order valence-electron chi connectivity index (χ3n) is 0.945. The average Bonchev–Trinajstić information content (AvgIpc) is 1.81. The highest BCUT2D eigenvalue weighted by Crippen LogP contribution is 2.06. The molecule has 76 valence electrons. The number of hydrazine groups is 1. The Kier molecular flexibility index (Phi) is 3.53. The standard InChI is InChI=1S/C7H14N2O4/c1-7(2,3)13-5(10)8-9(4)6(11)12/h1-4H3,(H,8,10)(H,11,12). The van der Waals surface area contributed by atoms with Crippen molar-refractivity contribution in [2.75, 3.05) is 7.05 Å². The van der Waals surface area contributed by atoms with E-state index in [0.717, 1.165) is 0 Å². The molecule has 0 heterocycles. The predicted molar refractivity (Wildman–Crippen MR) is 45.2 cm³/mol. The van der Waals surface area contributed by atoms with Crippen LogP contribution in [0.2, 0.25) is 0 Å². The lowest BCUT2D eigenvalue weighted by molar-refractivity contribution is 0.0368. The summed E-state index contributed by atoms with van der Waals surface area (Å²) in [6.45, 7) is 5.06. The van der Waals surface area contributed by atoms with Gasteiger partial charge in [0.15, 0.2) is 0 Å². The van der Waals surface area contributed by atoms with Crippen LogP contribution in [0.4, 0.5) is 9.59 Å². The summed E-state index contributed by atoms with van der Waals surface area (Å²) in [4.78, 5) is 21.2. The fourth-order valence-electron chi connectivity index (χ4n) is 0.486. The van der Waals surface area contributed by atoms with Crippen LogP contribution in [0, 0.1) is 0 Å². The molecule has 0 spiro atoms. The van der Waals surface area contributed by atoms with Gasteiger partial charge in [-0.2, -0.15) is 0 Å². The first kappa shape index (κ1) is 11.5. The highest BCUT2D eigenvalue weighted by molar-refractivity contribution is 5.72. The molecule has 13 heavy (non-hydrogen) atoms. The van der Waals surface area contributed by atoms with Gasteiger partial charge in [0, 0.05) is 7.05 Å². The van der Waals surface area contributed by atoms with Gasteiger partial charge in [0.1, 0.15) is 5.60 Å². The molecule has 6 nitrogen and oxygen atoms in total. The van der Waals surface area contributed by atoms with Crippen LogP contribution in [-0.4, -0.2) is 35.0 Å². The van der Waals surface area contributed by atoms with E-state index >= 15 is 0 Å². The molecular weight excluding hydrogens is 176 g/mol. The molecule has 0 aliphatic heterocycles. The molecule has 0 aromatic rings. The number of rotatable bonds is 0. The number of nitrogens with zero attached hydrogens (tertiary/aromatic N) is 1. The largest absolute Gasteiger partial charge is 0.464 e. The summed E-state index contributed by atoms with van der Waals surface area (Å²) < 4.78 is 4.80. The third kappa shape index (κ3) is 5.77. The number of hydrogen-bond acceptors (Lipinski definition) is 3. The van der Waals surface area contributed by atoms with Crippen molar-refractivity contribution >= 4 is 12.2 Å². The molecule has 0 aromatic heterocycles. The number of hydrogen-bond donors (Lipinski definition) is 2. The summed E-state index contributed by atoms with van der Waals surface area (Å²) in [6.07, 6.45) is -2.05. The fourth-order valence-corrected chi connectivity index (χ4v) is 0.486.